The van der Waals surface area contributed by atoms with Crippen LogP contribution in [0, 0.1) is 11.3 Å². The maximum atomic E-state index is 12.2. The van der Waals surface area contributed by atoms with Crippen LogP contribution >= 0.6 is 0 Å². The standard InChI is InChI=1S/C13H23N3O2/c1-9(10-5-3-2-4-6-10)15-12(17)13(7-8-13)11(14)16-18/h9-10,18H,2-8H2,1H3,(H2,14,16)(H,15,17). The maximum Gasteiger partial charge on any atom is 0.234 e. The summed E-state index contributed by atoms with van der Waals surface area (Å²) in [7, 11) is 0. The molecule has 0 aromatic rings. The van der Waals surface area contributed by atoms with Crippen LogP contribution in [0.4, 0.5) is 0 Å². The molecule has 0 aromatic heterocycles. The molecule has 4 N–H and O–H groups in total. The Balaban J connectivity index is 1.91. The monoisotopic (exact) mass is 253 g/mol. The molecule has 0 radical (unpaired) electrons. The predicted octanol–water partition coefficient (Wildman–Crippen LogP) is 1.60. The second-order valence-corrected chi connectivity index (χ2v) is 5.73. The third-order valence-electron chi connectivity index (χ3n) is 4.50. The average Bonchev–Trinajstić information content (AvgIpc) is 3.20. The molecule has 2 rings (SSSR count). The first-order valence-corrected chi connectivity index (χ1v) is 6.89. The topological polar surface area (TPSA) is 87.7 Å². The molecule has 2 saturated carbocycles. The molecule has 0 bridgehead atoms. The number of carbonyl (C=O) groups excluding carboxylic acids is 1. The number of carbonyl (C=O) groups is 1. The van der Waals surface area contributed by atoms with E-state index >= 15 is 0 Å². The molecule has 18 heavy (non-hydrogen) atoms. The van der Waals surface area contributed by atoms with E-state index in [1.165, 1.54) is 32.1 Å². The van der Waals surface area contributed by atoms with Crippen molar-refractivity contribution in [3.63, 3.8) is 0 Å². The lowest BCUT2D eigenvalue weighted by Gasteiger charge is -2.29. The fraction of sp³-hybridized carbons (Fsp3) is 0.846. The van der Waals surface area contributed by atoms with E-state index in [2.05, 4.69) is 17.4 Å². The van der Waals surface area contributed by atoms with Gasteiger partial charge in [0, 0.05) is 6.04 Å². The highest BCUT2D eigenvalue weighted by molar-refractivity contribution is 6.09. The van der Waals surface area contributed by atoms with Gasteiger partial charge >= 0.3 is 0 Å². The van der Waals surface area contributed by atoms with E-state index in [-0.39, 0.29) is 17.8 Å². The van der Waals surface area contributed by atoms with Crippen molar-refractivity contribution in [2.45, 2.75) is 57.9 Å². The summed E-state index contributed by atoms with van der Waals surface area (Å²) in [5.41, 5.74) is 4.88. The minimum atomic E-state index is -0.725. The summed E-state index contributed by atoms with van der Waals surface area (Å²) in [6.07, 6.45) is 7.59. The van der Waals surface area contributed by atoms with E-state index in [4.69, 9.17) is 10.9 Å². The van der Waals surface area contributed by atoms with Crippen molar-refractivity contribution in [2.24, 2.45) is 22.2 Å². The Labute approximate surface area is 108 Å². The number of hydrogen-bond donors (Lipinski definition) is 3. The number of nitrogens with zero attached hydrogens (tertiary/aromatic N) is 1. The van der Waals surface area contributed by atoms with Crippen molar-refractivity contribution in [3.8, 4) is 0 Å². The first kappa shape index (κ1) is 13.2. The zero-order valence-corrected chi connectivity index (χ0v) is 11.0. The van der Waals surface area contributed by atoms with E-state index < -0.39 is 5.41 Å². The highest BCUT2D eigenvalue weighted by Gasteiger charge is 2.54. The molecule has 0 heterocycles. The lowest BCUT2D eigenvalue weighted by Crippen LogP contribution is -2.46. The van der Waals surface area contributed by atoms with Gasteiger partial charge in [-0.2, -0.15) is 0 Å². The van der Waals surface area contributed by atoms with E-state index in [0.717, 1.165) is 0 Å². The van der Waals surface area contributed by atoms with Gasteiger partial charge < -0.3 is 16.3 Å². The summed E-state index contributed by atoms with van der Waals surface area (Å²) in [6, 6.07) is 0.182. The summed E-state index contributed by atoms with van der Waals surface area (Å²) in [4.78, 5) is 12.2. The minimum Gasteiger partial charge on any atom is -0.409 e. The van der Waals surface area contributed by atoms with Crippen molar-refractivity contribution in [1.29, 1.82) is 0 Å². The predicted molar refractivity (Wildman–Crippen MR) is 69.3 cm³/mol. The van der Waals surface area contributed by atoms with E-state index in [0.29, 0.717) is 18.8 Å². The van der Waals surface area contributed by atoms with Crippen molar-refractivity contribution in [3.05, 3.63) is 0 Å². The fourth-order valence-electron chi connectivity index (χ4n) is 2.92. The zero-order chi connectivity index (χ0) is 13.2. The molecule has 0 aromatic carbocycles. The molecule has 2 aliphatic rings. The average molecular weight is 253 g/mol. The van der Waals surface area contributed by atoms with Crippen LogP contribution < -0.4 is 11.1 Å². The van der Waals surface area contributed by atoms with E-state index in [1.54, 1.807) is 0 Å². The highest BCUT2D eigenvalue weighted by atomic mass is 16.4. The van der Waals surface area contributed by atoms with Gasteiger partial charge in [-0.25, -0.2) is 0 Å². The molecule has 1 unspecified atom stereocenters. The molecule has 1 atom stereocenters. The Morgan fingerprint density at radius 3 is 2.50 bits per heavy atom. The maximum absolute atomic E-state index is 12.2. The Morgan fingerprint density at radius 2 is 2.00 bits per heavy atom. The quantitative estimate of drug-likeness (QED) is 0.308. The van der Waals surface area contributed by atoms with Crippen molar-refractivity contribution in [2.75, 3.05) is 0 Å². The molecule has 2 aliphatic carbocycles. The molecule has 102 valence electrons. The van der Waals surface area contributed by atoms with Gasteiger partial charge in [0.2, 0.25) is 5.91 Å². The fourth-order valence-corrected chi connectivity index (χ4v) is 2.92. The zero-order valence-electron chi connectivity index (χ0n) is 11.0. The van der Waals surface area contributed by atoms with Crippen molar-refractivity contribution in [1.82, 2.24) is 5.32 Å². The second-order valence-electron chi connectivity index (χ2n) is 5.73. The van der Waals surface area contributed by atoms with Crippen LogP contribution in [0.15, 0.2) is 5.16 Å². The Bertz CT molecular complexity index is 344. The minimum absolute atomic E-state index is 0.0517. The number of nitrogens with two attached hydrogens (primary N) is 1. The van der Waals surface area contributed by atoms with Gasteiger partial charge in [-0.15, -0.1) is 0 Å². The van der Waals surface area contributed by atoms with Crippen LogP contribution in [-0.2, 0) is 4.79 Å². The lowest BCUT2D eigenvalue weighted by molar-refractivity contribution is -0.125. The van der Waals surface area contributed by atoms with Gasteiger partial charge in [0.15, 0.2) is 5.84 Å². The van der Waals surface area contributed by atoms with Gasteiger partial charge in [-0.3, -0.25) is 4.79 Å². The highest BCUT2D eigenvalue weighted by Crippen LogP contribution is 2.46. The number of oxime groups is 1. The first-order chi connectivity index (χ1) is 8.60. The Hall–Kier alpha value is -1.26. The molecule has 0 aliphatic heterocycles. The van der Waals surface area contributed by atoms with Crippen LogP contribution in [-0.4, -0.2) is 23.0 Å². The smallest absolute Gasteiger partial charge is 0.234 e. The molecule has 5 heteroatoms. The largest absolute Gasteiger partial charge is 0.409 e. The molecular weight excluding hydrogens is 230 g/mol. The van der Waals surface area contributed by atoms with E-state index in [9.17, 15) is 4.79 Å². The third kappa shape index (κ3) is 2.44. The van der Waals surface area contributed by atoms with Crippen molar-refractivity contribution < 1.29 is 10.0 Å². The first-order valence-electron chi connectivity index (χ1n) is 6.89. The number of amidine groups is 1. The molecule has 2 fully saturated rings. The van der Waals surface area contributed by atoms with Crippen LogP contribution in [0.25, 0.3) is 0 Å². The summed E-state index contributed by atoms with van der Waals surface area (Å²) in [6.45, 7) is 2.07. The SMILES string of the molecule is CC(NC(=O)C1(C(N)=NO)CC1)C1CCCCC1. The van der Waals surface area contributed by atoms with Crippen molar-refractivity contribution >= 4 is 11.7 Å². The summed E-state index contributed by atoms with van der Waals surface area (Å²) in [5, 5.41) is 14.8. The lowest BCUT2D eigenvalue weighted by atomic mass is 9.84. The molecular formula is C13H23N3O2. The van der Waals surface area contributed by atoms with Crippen LogP contribution in [0.2, 0.25) is 0 Å². The Kier molecular flexibility index (Phi) is 3.78. The molecule has 0 saturated heterocycles. The number of rotatable bonds is 4. The summed E-state index contributed by atoms with van der Waals surface area (Å²) in [5.74, 6) is 0.553. The number of amides is 1. The summed E-state index contributed by atoms with van der Waals surface area (Å²) < 4.78 is 0. The van der Waals surface area contributed by atoms with Gasteiger partial charge in [0.1, 0.15) is 5.41 Å². The normalized spacial score (nSPS) is 25.5. The molecule has 5 nitrogen and oxygen atoms in total. The Morgan fingerprint density at radius 1 is 1.39 bits per heavy atom. The van der Waals surface area contributed by atoms with Gasteiger partial charge in [-0.1, -0.05) is 24.4 Å². The molecule has 0 spiro atoms. The van der Waals surface area contributed by atoms with Crippen LogP contribution in [0.1, 0.15) is 51.9 Å². The van der Waals surface area contributed by atoms with Gasteiger partial charge in [0.25, 0.3) is 0 Å². The van der Waals surface area contributed by atoms with Crippen LogP contribution in [0.5, 0.6) is 0 Å². The molecule has 1 amide bonds. The van der Waals surface area contributed by atoms with Gasteiger partial charge in [-0.05, 0) is 38.5 Å². The summed E-state index contributed by atoms with van der Waals surface area (Å²) >= 11 is 0. The van der Waals surface area contributed by atoms with Crippen LogP contribution in [0.3, 0.4) is 0 Å². The number of nitrogens with one attached hydrogen (secondary N) is 1. The third-order valence-corrected chi connectivity index (χ3v) is 4.50. The number of hydrogen-bond acceptors (Lipinski definition) is 3. The van der Waals surface area contributed by atoms with E-state index in [1.807, 2.05) is 0 Å². The van der Waals surface area contributed by atoms with Gasteiger partial charge in [0.05, 0.1) is 0 Å². The second kappa shape index (κ2) is 5.16.